The number of allylic oxidation sites excluding steroid dienone is 1. The zero-order valence-corrected chi connectivity index (χ0v) is 17.1. The highest BCUT2D eigenvalue weighted by molar-refractivity contribution is 5.71. The second-order valence-electron chi connectivity index (χ2n) is 7.44. The monoisotopic (exact) mass is 356 g/mol. The van der Waals surface area contributed by atoms with Crippen LogP contribution in [0.5, 0.6) is 0 Å². The van der Waals surface area contributed by atoms with E-state index in [9.17, 15) is 15.0 Å². The van der Waals surface area contributed by atoms with Crippen LogP contribution in [0.4, 0.5) is 0 Å². The summed E-state index contributed by atoms with van der Waals surface area (Å²) < 4.78 is 0.478. The molecule has 0 bridgehead atoms. The maximum absolute atomic E-state index is 11.8. The molecule has 25 heavy (non-hydrogen) atoms. The second kappa shape index (κ2) is 14.2. The number of carbonyl (C=O) groups is 1. The smallest absolute Gasteiger partial charge is 0.362 e. The molecule has 0 aliphatic carbocycles. The van der Waals surface area contributed by atoms with Crippen LogP contribution in [0.1, 0.15) is 91.9 Å². The molecule has 1 atom stereocenters. The fraction of sp³-hybridized carbons (Fsp3) is 0.857. The number of aliphatic hydroxyl groups excluding tert-OH is 1. The first-order valence-corrected chi connectivity index (χ1v) is 10.4. The minimum absolute atomic E-state index is 0.372. The number of quaternary nitrogens is 1. The van der Waals surface area contributed by atoms with Crippen LogP contribution in [-0.2, 0) is 4.79 Å². The predicted octanol–water partition coefficient (Wildman–Crippen LogP) is 5.68. The van der Waals surface area contributed by atoms with Crippen LogP contribution < -0.4 is 0 Å². The molecule has 0 spiro atoms. The molecule has 0 rings (SSSR count). The highest BCUT2D eigenvalue weighted by atomic mass is 16.4. The molecule has 0 aliphatic rings. The molecule has 4 heteroatoms. The molecule has 1 unspecified atom stereocenters. The quantitative estimate of drug-likeness (QED) is 0.212. The molecule has 0 heterocycles. The Kier molecular flexibility index (Phi) is 13.6. The van der Waals surface area contributed by atoms with Crippen molar-refractivity contribution in [3.8, 4) is 0 Å². The molecule has 0 aromatic heterocycles. The van der Waals surface area contributed by atoms with Gasteiger partial charge in [-0.1, -0.05) is 46.5 Å². The number of hydrogen-bond donors (Lipinski definition) is 2. The van der Waals surface area contributed by atoms with Crippen LogP contribution in [0.2, 0.25) is 0 Å². The standard InChI is InChI=1S/C21H41NO3/c1-5-8-11-12-15-20(23)18-22(16-13-9-6-2,17-14-10-7-3)19(4)21(24)25/h15,19H,5-14,16-18H2,1-4H3,(H-,23,24,25)/p+1/b20-15-. The number of aliphatic carboxylic acids is 1. The van der Waals surface area contributed by atoms with Gasteiger partial charge in [-0.25, -0.2) is 4.79 Å². The summed E-state index contributed by atoms with van der Waals surface area (Å²) in [5.74, 6) is -0.385. The van der Waals surface area contributed by atoms with E-state index in [4.69, 9.17) is 0 Å². The lowest BCUT2D eigenvalue weighted by Crippen LogP contribution is -2.59. The molecule has 0 radical (unpaired) electrons. The van der Waals surface area contributed by atoms with Gasteiger partial charge < -0.3 is 14.7 Å². The summed E-state index contributed by atoms with van der Waals surface area (Å²) in [6, 6.07) is -0.486. The molecular formula is C21H42NO3+. The van der Waals surface area contributed by atoms with Crippen molar-refractivity contribution < 1.29 is 19.5 Å². The molecule has 0 saturated carbocycles. The molecule has 0 aliphatic heterocycles. The van der Waals surface area contributed by atoms with E-state index in [1.54, 1.807) is 0 Å². The third-order valence-corrected chi connectivity index (χ3v) is 5.26. The van der Waals surface area contributed by atoms with E-state index in [-0.39, 0.29) is 0 Å². The summed E-state index contributed by atoms with van der Waals surface area (Å²) in [4.78, 5) is 11.8. The zero-order chi connectivity index (χ0) is 19.1. The fourth-order valence-electron chi connectivity index (χ4n) is 3.43. The largest absolute Gasteiger partial charge is 0.507 e. The fourth-order valence-corrected chi connectivity index (χ4v) is 3.43. The number of unbranched alkanes of at least 4 members (excludes halogenated alkanes) is 7. The van der Waals surface area contributed by atoms with Gasteiger partial charge in [0.05, 0.1) is 13.1 Å². The van der Waals surface area contributed by atoms with E-state index in [0.29, 0.717) is 16.8 Å². The lowest BCUT2D eigenvalue weighted by atomic mass is 10.1. The first-order valence-electron chi connectivity index (χ1n) is 10.4. The molecule has 0 aromatic rings. The molecule has 0 fully saturated rings. The van der Waals surface area contributed by atoms with Gasteiger partial charge in [0.2, 0.25) is 0 Å². The van der Waals surface area contributed by atoms with E-state index in [2.05, 4.69) is 20.8 Å². The van der Waals surface area contributed by atoms with E-state index in [1.165, 1.54) is 12.8 Å². The Morgan fingerprint density at radius 1 is 0.880 bits per heavy atom. The van der Waals surface area contributed by atoms with E-state index < -0.39 is 12.0 Å². The summed E-state index contributed by atoms with van der Waals surface area (Å²) in [6.45, 7) is 10.4. The van der Waals surface area contributed by atoms with Crippen molar-refractivity contribution in [2.75, 3.05) is 19.6 Å². The average Bonchev–Trinajstić information content (AvgIpc) is 2.58. The van der Waals surface area contributed by atoms with Crippen LogP contribution >= 0.6 is 0 Å². The van der Waals surface area contributed by atoms with Gasteiger partial charge in [0.1, 0.15) is 12.3 Å². The van der Waals surface area contributed by atoms with Gasteiger partial charge in [-0.2, -0.15) is 0 Å². The van der Waals surface area contributed by atoms with Gasteiger partial charge in [-0.05, 0) is 51.5 Å². The van der Waals surface area contributed by atoms with E-state index in [1.807, 2.05) is 13.0 Å². The van der Waals surface area contributed by atoms with Gasteiger partial charge in [0.25, 0.3) is 0 Å². The Morgan fingerprint density at radius 3 is 1.80 bits per heavy atom. The molecule has 4 nitrogen and oxygen atoms in total. The summed E-state index contributed by atoms with van der Waals surface area (Å²) in [5, 5.41) is 20.2. The number of nitrogens with zero attached hydrogens (tertiary/aromatic N) is 1. The van der Waals surface area contributed by atoms with Crippen molar-refractivity contribution in [2.45, 2.75) is 97.9 Å². The Balaban J connectivity index is 5.21. The van der Waals surface area contributed by atoms with Crippen molar-refractivity contribution >= 4 is 5.97 Å². The number of rotatable bonds is 16. The summed E-state index contributed by atoms with van der Waals surface area (Å²) in [6.07, 6.45) is 12.7. The molecule has 0 amide bonds. The van der Waals surface area contributed by atoms with Gasteiger partial charge in [0, 0.05) is 0 Å². The maximum Gasteiger partial charge on any atom is 0.362 e. The number of carboxylic acids is 1. The van der Waals surface area contributed by atoms with Crippen molar-refractivity contribution in [3.05, 3.63) is 11.8 Å². The van der Waals surface area contributed by atoms with Crippen LogP contribution in [0.25, 0.3) is 0 Å². The van der Waals surface area contributed by atoms with Gasteiger partial charge in [-0.15, -0.1) is 0 Å². The first kappa shape index (κ1) is 24.0. The van der Waals surface area contributed by atoms with Crippen molar-refractivity contribution in [1.82, 2.24) is 0 Å². The summed E-state index contributed by atoms with van der Waals surface area (Å²) >= 11 is 0. The predicted molar refractivity (Wildman–Crippen MR) is 106 cm³/mol. The summed E-state index contributed by atoms with van der Waals surface area (Å²) in [5.41, 5.74) is 0. The topological polar surface area (TPSA) is 57.5 Å². The molecule has 0 saturated heterocycles. The minimum Gasteiger partial charge on any atom is -0.507 e. The Hall–Kier alpha value is -1.03. The summed E-state index contributed by atoms with van der Waals surface area (Å²) in [7, 11) is 0. The van der Waals surface area contributed by atoms with Crippen LogP contribution in [0.3, 0.4) is 0 Å². The molecule has 2 N–H and O–H groups in total. The number of aliphatic hydroxyl groups is 1. The van der Waals surface area contributed by atoms with Crippen LogP contribution in [-0.4, -0.2) is 46.3 Å². The van der Waals surface area contributed by atoms with Crippen molar-refractivity contribution in [2.24, 2.45) is 0 Å². The molecular weight excluding hydrogens is 314 g/mol. The lowest BCUT2D eigenvalue weighted by molar-refractivity contribution is -0.939. The normalized spacial score (nSPS) is 13.8. The van der Waals surface area contributed by atoms with Gasteiger partial charge in [0.15, 0.2) is 6.04 Å². The Bertz CT molecular complexity index is 369. The van der Waals surface area contributed by atoms with Crippen LogP contribution in [0, 0.1) is 0 Å². The third kappa shape index (κ3) is 9.88. The van der Waals surface area contributed by atoms with Crippen LogP contribution in [0.15, 0.2) is 11.8 Å². The lowest BCUT2D eigenvalue weighted by Gasteiger charge is -2.42. The highest BCUT2D eigenvalue weighted by Crippen LogP contribution is 2.22. The van der Waals surface area contributed by atoms with E-state index in [0.717, 1.165) is 64.5 Å². The zero-order valence-electron chi connectivity index (χ0n) is 17.1. The minimum atomic E-state index is -0.758. The average molecular weight is 357 g/mol. The highest BCUT2D eigenvalue weighted by Gasteiger charge is 2.38. The maximum atomic E-state index is 11.8. The SMILES string of the molecule is CCCCC/C=C(\O)C[N+](CCCCC)(CCCCC)C(C)C(=O)O. The van der Waals surface area contributed by atoms with Gasteiger partial charge >= 0.3 is 5.97 Å². The van der Waals surface area contributed by atoms with Gasteiger partial charge in [-0.3, -0.25) is 0 Å². The second-order valence-corrected chi connectivity index (χ2v) is 7.44. The van der Waals surface area contributed by atoms with Crippen molar-refractivity contribution in [3.63, 3.8) is 0 Å². The Labute approximate surface area is 155 Å². The van der Waals surface area contributed by atoms with Crippen molar-refractivity contribution in [1.29, 1.82) is 0 Å². The first-order chi connectivity index (χ1) is 11.9. The number of hydrogen-bond acceptors (Lipinski definition) is 2. The Morgan fingerprint density at radius 2 is 1.36 bits per heavy atom. The van der Waals surface area contributed by atoms with E-state index >= 15 is 0 Å². The number of carboxylic acid groups (broad SMARTS) is 1. The molecule has 0 aromatic carbocycles. The molecule has 148 valence electrons. The third-order valence-electron chi connectivity index (χ3n) is 5.26.